The summed E-state index contributed by atoms with van der Waals surface area (Å²) in [5.74, 6) is -1.64. The van der Waals surface area contributed by atoms with E-state index in [-0.39, 0.29) is 11.7 Å². The number of anilines is 1. The van der Waals surface area contributed by atoms with Gasteiger partial charge in [-0.1, -0.05) is 18.2 Å². The first-order valence-electron chi connectivity index (χ1n) is 8.11. The van der Waals surface area contributed by atoms with Gasteiger partial charge in [-0.2, -0.15) is 5.10 Å². The Morgan fingerprint density at radius 1 is 1.12 bits per heavy atom. The van der Waals surface area contributed by atoms with Crippen LogP contribution in [0, 0.1) is 11.6 Å². The molecule has 132 valence electrons. The quantitative estimate of drug-likeness (QED) is 0.752. The molecule has 0 bridgehead atoms. The van der Waals surface area contributed by atoms with E-state index in [1.165, 1.54) is 22.9 Å². The average Bonchev–Trinajstić information content (AvgIpc) is 3.31. The topological polar surface area (TPSA) is 67.2 Å². The molecule has 0 spiro atoms. The van der Waals surface area contributed by atoms with Crippen molar-refractivity contribution in [3.63, 3.8) is 0 Å². The molecular formula is C19H15F2N3O2. The van der Waals surface area contributed by atoms with Crippen molar-refractivity contribution < 1.29 is 18.7 Å². The number of nitrogens with zero attached hydrogens (tertiary/aromatic N) is 2. The van der Waals surface area contributed by atoms with Gasteiger partial charge in [0.2, 0.25) is 5.91 Å². The lowest BCUT2D eigenvalue weighted by Gasteiger charge is -2.15. The van der Waals surface area contributed by atoms with Gasteiger partial charge in [0.05, 0.1) is 11.1 Å². The van der Waals surface area contributed by atoms with Crippen LogP contribution in [-0.2, 0) is 10.2 Å². The molecule has 5 nitrogen and oxygen atoms in total. The van der Waals surface area contributed by atoms with Crippen LogP contribution in [-0.4, -0.2) is 20.8 Å². The Hall–Kier alpha value is -3.22. The number of nitrogens with one attached hydrogen (secondary N) is 1. The number of hydrogen-bond donors (Lipinski definition) is 2. The molecule has 1 aromatic heterocycles. The van der Waals surface area contributed by atoms with Gasteiger partial charge < -0.3 is 10.4 Å². The summed E-state index contributed by atoms with van der Waals surface area (Å²) >= 11 is 0. The third-order valence-corrected chi connectivity index (χ3v) is 4.60. The number of carbonyl (C=O) groups excluding carboxylic acids is 1. The molecule has 3 aromatic rings. The van der Waals surface area contributed by atoms with Crippen LogP contribution >= 0.6 is 0 Å². The minimum Gasteiger partial charge on any atom is -0.505 e. The average molecular weight is 355 g/mol. The molecule has 2 N–H and O–H groups in total. The molecule has 1 amide bonds. The van der Waals surface area contributed by atoms with Crippen LogP contribution in [0.4, 0.5) is 14.6 Å². The monoisotopic (exact) mass is 355 g/mol. The first-order valence-corrected chi connectivity index (χ1v) is 8.11. The highest BCUT2D eigenvalue weighted by molar-refractivity contribution is 6.00. The SMILES string of the molecule is O=C(Nc1ccn(-c2ccc(O)c(F)c2)n1)C1(c2ccccc2F)CC1. The van der Waals surface area contributed by atoms with E-state index >= 15 is 0 Å². The van der Waals surface area contributed by atoms with E-state index in [4.69, 9.17) is 0 Å². The van der Waals surface area contributed by atoms with Crippen molar-refractivity contribution in [1.29, 1.82) is 0 Å². The number of carbonyl (C=O) groups is 1. The Labute approximate surface area is 147 Å². The maximum atomic E-state index is 14.1. The summed E-state index contributed by atoms with van der Waals surface area (Å²) in [6.07, 6.45) is 2.71. The number of hydrogen-bond acceptors (Lipinski definition) is 3. The zero-order valence-corrected chi connectivity index (χ0v) is 13.6. The third-order valence-electron chi connectivity index (χ3n) is 4.60. The van der Waals surface area contributed by atoms with Crippen molar-refractivity contribution in [3.05, 3.63) is 71.9 Å². The Kier molecular flexibility index (Phi) is 3.72. The lowest BCUT2D eigenvalue weighted by molar-refractivity contribution is -0.118. The summed E-state index contributed by atoms with van der Waals surface area (Å²) in [7, 11) is 0. The van der Waals surface area contributed by atoms with Gasteiger partial charge in [-0.05, 0) is 31.0 Å². The number of aromatic nitrogens is 2. The van der Waals surface area contributed by atoms with Crippen LogP contribution in [0.15, 0.2) is 54.7 Å². The summed E-state index contributed by atoms with van der Waals surface area (Å²) in [5.41, 5.74) is -0.0756. The minimum atomic E-state index is -0.861. The molecule has 7 heteroatoms. The van der Waals surface area contributed by atoms with Gasteiger partial charge >= 0.3 is 0 Å². The van der Waals surface area contributed by atoms with Crippen molar-refractivity contribution in [2.75, 3.05) is 5.32 Å². The van der Waals surface area contributed by atoms with Gasteiger partial charge in [0.1, 0.15) is 5.82 Å². The molecule has 1 aliphatic carbocycles. The predicted octanol–water partition coefficient (Wildman–Crippen LogP) is 3.53. The second-order valence-electron chi connectivity index (χ2n) is 6.30. The van der Waals surface area contributed by atoms with E-state index in [9.17, 15) is 18.7 Å². The van der Waals surface area contributed by atoms with Crippen LogP contribution in [0.3, 0.4) is 0 Å². The van der Waals surface area contributed by atoms with E-state index in [2.05, 4.69) is 10.4 Å². The molecule has 26 heavy (non-hydrogen) atoms. The second-order valence-corrected chi connectivity index (χ2v) is 6.30. The number of phenols is 1. The summed E-state index contributed by atoms with van der Waals surface area (Å²) in [6.45, 7) is 0. The number of amides is 1. The zero-order chi connectivity index (χ0) is 18.3. The van der Waals surface area contributed by atoms with Gasteiger partial charge in [0, 0.05) is 23.9 Å². The number of halogens is 2. The second kappa shape index (κ2) is 5.94. The maximum absolute atomic E-state index is 14.1. The van der Waals surface area contributed by atoms with Crippen molar-refractivity contribution in [3.8, 4) is 11.4 Å². The van der Waals surface area contributed by atoms with Gasteiger partial charge in [-0.3, -0.25) is 4.79 Å². The van der Waals surface area contributed by atoms with Crippen LogP contribution in [0.25, 0.3) is 5.69 Å². The Morgan fingerprint density at radius 2 is 1.88 bits per heavy atom. The summed E-state index contributed by atoms with van der Waals surface area (Å²) in [6, 6.07) is 11.7. The fourth-order valence-corrected chi connectivity index (χ4v) is 3.00. The van der Waals surface area contributed by atoms with Crippen LogP contribution in [0.1, 0.15) is 18.4 Å². The first-order chi connectivity index (χ1) is 12.5. The highest BCUT2D eigenvalue weighted by atomic mass is 19.1. The zero-order valence-electron chi connectivity index (χ0n) is 13.6. The molecule has 1 saturated carbocycles. The third kappa shape index (κ3) is 2.71. The van der Waals surface area contributed by atoms with Gasteiger partial charge in [-0.25, -0.2) is 13.5 Å². The van der Waals surface area contributed by atoms with Crippen LogP contribution in [0.5, 0.6) is 5.75 Å². The van der Waals surface area contributed by atoms with Crippen LogP contribution in [0.2, 0.25) is 0 Å². The number of rotatable bonds is 4. The summed E-state index contributed by atoms with van der Waals surface area (Å²) in [4.78, 5) is 12.7. The molecule has 4 rings (SSSR count). The van der Waals surface area contributed by atoms with Gasteiger partial charge in [0.15, 0.2) is 17.4 Å². The Balaban J connectivity index is 1.55. The molecule has 0 unspecified atom stereocenters. The largest absolute Gasteiger partial charge is 0.505 e. The van der Waals surface area contributed by atoms with Crippen molar-refractivity contribution in [2.45, 2.75) is 18.3 Å². The molecule has 0 saturated heterocycles. The van der Waals surface area contributed by atoms with E-state index in [0.29, 0.717) is 24.1 Å². The minimum absolute atomic E-state index is 0.283. The van der Waals surface area contributed by atoms with Gasteiger partial charge in [0.25, 0.3) is 0 Å². The lowest BCUT2D eigenvalue weighted by atomic mass is 9.94. The standard InChI is InChI=1S/C19H15F2N3O2/c20-14-4-2-1-3-13(14)19(8-9-19)18(26)22-17-7-10-24(23-17)12-5-6-16(25)15(21)11-12/h1-7,10-11,25H,8-9H2,(H,22,23,26). The highest BCUT2D eigenvalue weighted by Crippen LogP contribution is 2.49. The Bertz CT molecular complexity index is 996. The first kappa shape index (κ1) is 16.3. The fourth-order valence-electron chi connectivity index (χ4n) is 3.00. The number of phenolic OH excluding ortho intramolecular Hbond substituents is 1. The van der Waals surface area contributed by atoms with Crippen molar-refractivity contribution >= 4 is 11.7 Å². The van der Waals surface area contributed by atoms with E-state index in [0.717, 1.165) is 6.07 Å². The molecule has 0 atom stereocenters. The molecule has 1 heterocycles. The Morgan fingerprint density at radius 3 is 2.58 bits per heavy atom. The lowest BCUT2D eigenvalue weighted by Crippen LogP contribution is -2.29. The summed E-state index contributed by atoms with van der Waals surface area (Å²) in [5, 5.41) is 16.1. The van der Waals surface area contributed by atoms with E-state index < -0.39 is 22.8 Å². The molecular weight excluding hydrogens is 340 g/mol. The summed E-state index contributed by atoms with van der Waals surface area (Å²) < 4.78 is 28.9. The molecule has 1 aliphatic rings. The molecule has 1 fully saturated rings. The van der Waals surface area contributed by atoms with E-state index in [1.54, 1.807) is 30.5 Å². The molecule has 0 aliphatic heterocycles. The number of aromatic hydroxyl groups is 1. The normalized spacial score (nSPS) is 14.8. The predicted molar refractivity (Wildman–Crippen MR) is 91.1 cm³/mol. The number of benzene rings is 2. The van der Waals surface area contributed by atoms with E-state index in [1.807, 2.05) is 0 Å². The molecule has 0 radical (unpaired) electrons. The fraction of sp³-hybridized carbons (Fsp3) is 0.158. The van der Waals surface area contributed by atoms with Crippen molar-refractivity contribution in [1.82, 2.24) is 9.78 Å². The van der Waals surface area contributed by atoms with Crippen LogP contribution < -0.4 is 5.32 Å². The van der Waals surface area contributed by atoms with Gasteiger partial charge in [-0.15, -0.1) is 0 Å². The smallest absolute Gasteiger partial charge is 0.236 e. The molecule has 2 aromatic carbocycles. The maximum Gasteiger partial charge on any atom is 0.236 e. The highest BCUT2D eigenvalue weighted by Gasteiger charge is 2.52. The van der Waals surface area contributed by atoms with Crippen molar-refractivity contribution in [2.24, 2.45) is 0 Å².